The molecule has 5 rings (SSSR count). The summed E-state index contributed by atoms with van der Waals surface area (Å²) in [6.45, 7) is 0. The van der Waals surface area contributed by atoms with Crippen LogP contribution in [0.15, 0.2) is 18.2 Å². The second-order valence-corrected chi connectivity index (χ2v) is 5.67. The van der Waals surface area contributed by atoms with Crippen molar-refractivity contribution >= 4 is 29.3 Å². The summed E-state index contributed by atoms with van der Waals surface area (Å²) in [5, 5.41) is 2.22. The number of rotatable bonds is 1. The lowest BCUT2D eigenvalue weighted by atomic mass is 9.63. The van der Waals surface area contributed by atoms with Gasteiger partial charge < -0.3 is 5.73 Å². The zero-order chi connectivity index (χ0) is 14.9. The number of anilines is 1. The van der Waals surface area contributed by atoms with Crippen LogP contribution >= 0.6 is 0 Å². The predicted molar refractivity (Wildman–Crippen MR) is 70.0 cm³/mol. The molecule has 3 N–H and O–H groups in total. The monoisotopic (exact) mass is 285 g/mol. The van der Waals surface area contributed by atoms with Crippen LogP contribution in [0.1, 0.15) is 33.6 Å². The van der Waals surface area contributed by atoms with Crippen molar-refractivity contribution in [3.8, 4) is 0 Å². The zero-order valence-corrected chi connectivity index (χ0v) is 10.9. The predicted octanol–water partition coefficient (Wildman–Crippen LogP) is -0.330. The first kappa shape index (κ1) is 12.1. The number of amides is 4. The van der Waals surface area contributed by atoms with E-state index in [0.717, 1.165) is 4.90 Å². The number of fused-ring (bicyclic) bond motifs is 3. The highest BCUT2D eigenvalue weighted by atomic mass is 16.2. The summed E-state index contributed by atoms with van der Waals surface area (Å²) in [5.41, 5.74) is 5.11. The third-order valence-corrected chi connectivity index (χ3v) is 4.57. The van der Waals surface area contributed by atoms with Crippen molar-refractivity contribution in [2.45, 2.75) is 18.4 Å². The standard InChI is InChI=1S/C14H11N3O4/c15-8-3-1-2-7-9(8)12(20)17(11(7)19)14-4-6(5-14)10(18)16-13(14)21/h1-3,6H,4-5,15H2,(H,16,18,21). The van der Waals surface area contributed by atoms with E-state index in [0.29, 0.717) is 0 Å². The number of piperidine rings is 2. The number of nitrogens with two attached hydrogens (primary N) is 1. The van der Waals surface area contributed by atoms with E-state index in [1.165, 1.54) is 6.07 Å². The summed E-state index contributed by atoms with van der Waals surface area (Å²) in [5.74, 6) is -2.31. The number of hydrogen-bond donors (Lipinski definition) is 2. The highest BCUT2D eigenvalue weighted by Crippen LogP contribution is 2.49. The van der Waals surface area contributed by atoms with Crippen molar-refractivity contribution in [2.75, 3.05) is 5.73 Å². The molecule has 1 aromatic carbocycles. The van der Waals surface area contributed by atoms with E-state index in [4.69, 9.17) is 5.73 Å². The van der Waals surface area contributed by atoms with Crippen molar-refractivity contribution in [3.63, 3.8) is 0 Å². The van der Waals surface area contributed by atoms with Gasteiger partial charge in [-0.1, -0.05) is 6.07 Å². The fraction of sp³-hybridized carbons (Fsp3) is 0.286. The number of carbonyl (C=O) groups excluding carboxylic acids is 4. The van der Waals surface area contributed by atoms with Crippen molar-refractivity contribution in [3.05, 3.63) is 29.3 Å². The molecular weight excluding hydrogens is 274 g/mol. The van der Waals surface area contributed by atoms with Gasteiger partial charge in [-0.25, -0.2) is 0 Å². The van der Waals surface area contributed by atoms with Gasteiger partial charge in [-0.3, -0.25) is 29.4 Å². The average molecular weight is 285 g/mol. The molecule has 3 aliphatic heterocycles. The maximum Gasteiger partial charge on any atom is 0.264 e. The fourth-order valence-electron chi connectivity index (χ4n) is 3.44. The Labute approximate surface area is 119 Å². The molecule has 0 aromatic heterocycles. The van der Waals surface area contributed by atoms with Gasteiger partial charge in [0.1, 0.15) is 5.54 Å². The molecule has 2 bridgehead atoms. The number of imide groups is 2. The summed E-state index contributed by atoms with van der Waals surface area (Å²) >= 11 is 0. The average Bonchev–Trinajstić information content (AvgIpc) is 2.63. The van der Waals surface area contributed by atoms with Crippen LogP contribution < -0.4 is 11.1 Å². The van der Waals surface area contributed by atoms with Gasteiger partial charge in [0, 0.05) is 11.6 Å². The van der Waals surface area contributed by atoms with E-state index in [1.54, 1.807) is 12.1 Å². The maximum absolute atomic E-state index is 12.5. The van der Waals surface area contributed by atoms with Crippen LogP contribution in [0.4, 0.5) is 5.69 Å². The lowest BCUT2D eigenvalue weighted by Crippen LogP contribution is -2.74. The van der Waals surface area contributed by atoms with Gasteiger partial charge in [-0.05, 0) is 25.0 Å². The summed E-state index contributed by atoms with van der Waals surface area (Å²) in [4.78, 5) is 49.7. The Balaban J connectivity index is 1.81. The smallest absolute Gasteiger partial charge is 0.264 e. The number of nitrogens with zero attached hydrogens (tertiary/aromatic N) is 1. The minimum Gasteiger partial charge on any atom is -0.398 e. The first-order valence-corrected chi connectivity index (χ1v) is 6.58. The van der Waals surface area contributed by atoms with Crippen molar-refractivity contribution in [1.29, 1.82) is 0 Å². The van der Waals surface area contributed by atoms with Crippen LogP contribution in [-0.4, -0.2) is 34.1 Å². The number of benzene rings is 1. The Morgan fingerprint density at radius 1 is 1.14 bits per heavy atom. The number of nitrogens with one attached hydrogen (secondary N) is 1. The van der Waals surface area contributed by atoms with E-state index < -0.39 is 23.3 Å². The first-order valence-electron chi connectivity index (χ1n) is 6.58. The minimum atomic E-state index is -1.24. The molecule has 4 amide bonds. The Bertz CT molecular complexity index is 749. The lowest BCUT2D eigenvalue weighted by Gasteiger charge is -2.52. The molecule has 0 atom stereocenters. The Morgan fingerprint density at radius 2 is 1.86 bits per heavy atom. The molecule has 3 heterocycles. The molecule has 21 heavy (non-hydrogen) atoms. The third kappa shape index (κ3) is 1.23. The minimum absolute atomic E-state index is 0.144. The maximum atomic E-state index is 12.5. The molecule has 4 aliphatic rings. The topological polar surface area (TPSA) is 110 Å². The van der Waals surface area contributed by atoms with Crippen LogP contribution in [0, 0.1) is 5.92 Å². The van der Waals surface area contributed by atoms with Gasteiger partial charge >= 0.3 is 0 Å². The lowest BCUT2D eigenvalue weighted by molar-refractivity contribution is -0.158. The van der Waals surface area contributed by atoms with Gasteiger partial charge in [0.15, 0.2) is 0 Å². The molecule has 0 radical (unpaired) electrons. The molecule has 0 spiro atoms. The fourth-order valence-corrected chi connectivity index (χ4v) is 3.44. The molecule has 1 aromatic rings. The number of carbonyl (C=O) groups is 4. The van der Waals surface area contributed by atoms with Crippen LogP contribution in [0.2, 0.25) is 0 Å². The largest absolute Gasteiger partial charge is 0.398 e. The molecule has 0 unspecified atom stereocenters. The van der Waals surface area contributed by atoms with Gasteiger partial charge in [-0.15, -0.1) is 0 Å². The molecule has 106 valence electrons. The third-order valence-electron chi connectivity index (χ3n) is 4.57. The van der Waals surface area contributed by atoms with Gasteiger partial charge in [0.05, 0.1) is 11.1 Å². The molecule has 7 heteroatoms. The first-order chi connectivity index (χ1) is 9.95. The molecule has 2 saturated heterocycles. The summed E-state index contributed by atoms with van der Waals surface area (Å²) in [6, 6.07) is 4.65. The zero-order valence-electron chi connectivity index (χ0n) is 10.9. The van der Waals surface area contributed by atoms with Gasteiger partial charge in [-0.2, -0.15) is 0 Å². The summed E-state index contributed by atoms with van der Waals surface area (Å²) in [6.07, 6.45) is 0.395. The van der Waals surface area contributed by atoms with E-state index in [2.05, 4.69) is 5.32 Å². The van der Waals surface area contributed by atoms with Crippen LogP contribution in [0.5, 0.6) is 0 Å². The van der Waals surface area contributed by atoms with E-state index in [-0.39, 0.29) is 41.5 Å². The van der Waals surface area contributed by atoms with Crippen LogP contribution in [0.3, 0.4) is 0 Å². The Morgan fingerprint density at radius 3 is 2.48 bits per heavy atom. The molecule has 7 nitrogen and oxygen atoms in total. The van der Waals surface area contributed by atoms with E-state index in [9.17, 15) is 19.2 Å². The number of nitrogen functional groups attached to an aromatic ring is 1. The van der Waals surface area contributed by atoms with E-state index >= 15 is 0 Å². The Hall–Kier alpha value is -2.70. The van der Waals surface area contributed by atoms with Crippen LogP contribution in [0.25, 0.3) is 0 Å². The molecule has 1 saturated carbocycles. The van der Waals surface area contributed by atoms with Crippen LogP contribution in [-0.2, 0) is 9.59 Å². The highest BCUT2D eigenvalue weighted by molar-refractivity contribution is 6.26. The summed E-state index contributed by atoms with van der Waals surface area (Å²) < 4.78 is 0. The van der Waals surface area contributed by atoms with E-state index in [1.807, 2.05) is 0 Å². The Kier molecular flexibility index (Phi) is 2.01. The normalized spacial score (nSPS) is 30.1. The van der Waals surface area contributed by atoms with Crippen molar-refractivity contribution in [1.82, 2.24) is 10.2 Å². The molecule has 1 aliphatic carbocycles. The summed E-state index contributed by atoms with van der Waals surface area (Å²) in [7, 11) is 0. The second-order valence-electron chi connectivity index (χ2n) is 5.67. The number of hydrogen-bond acceptors (Lipinski definition) is 5. The SMILES string of the molecule is Nc1cccc2c1C(=O)N(C13CC(C1)C(=O)NC3=O)C2=O. The van der Waals surface area contributed by atoms with Gasteiger partial charge in [0.25, 0.3) is 17.7 Å². The van der Waals surface area contributed by atoms with Crippen molar-refractivity contribution < 1.29 is 19.2 Å². The second kappa shape index (κ2) is 3.49. The quantitative estimate of drug-likeness (QED) is 0.542. The highest BCUT2D eigenvalue weighted by Gasteiger charge is 2.65. The van der Waals surface area contributed by atoms with Crippen molar-refractivity contribution in [2.24, 2.45) is 5.92 Å². The molecule has 3 fully saturated rings. The molecular formula is C14H11N3O4. The van der Waals surface area contributed by atoms with Gasteiger partial charge in [0.2, 0.25) is 5.91 Å².